The summed E-state index contributed by atoms with van der Waals surface area (Å²) >= 11 is 0. The van der Waals surface area contributed by atoms with Crippen molar-refractivity contribution < 1.29 is 13.5 Å². The zero-order valence-corrected chi connectivity index (χ0v) is 13.5. The molecule has 5 nitrogen and oxygen atoms in total. The van der Waals surface area contributed by atoms with Crippen molar-refractivity contribution in [3.8, 4) is 5.75 Å². The molecule has 0 saturated carbocycles. The lowest BCUT2D eigenvalue weighted by molar-refractivity contribution is 0.281. The summed E-state index contributed by atoms with van der Waals surface area (Å²) in [5.74, 6) is 2.12. The van der Waals surface area contributed by atoms with Gasteiger partial charge in [-0.05, 0) is 36.4 Å². The summed E-state index contributed by atoms with van der Waals surface area (Å²) in [5.41, 5.74) is 0. The molecule has 1 heterocycles. The molecule has 2 aromatic rings. The maximum Gasteiger partial charge on any atom is 0.193 e. The number of likely N-dealkylation sites (N-methyl/N-ethyl adjacent to an activating group) is 1. The van der Waals surface area contributed by atoms with Gasteiger partial charge < -0.3 is 19.4 Å². The first-order valence-electron chi connectivity index (χ1n) is 7.51. The van der Waals surface area contributed by atoms with Crippen LogP contribution >= 0.6 is 0 Å². The Labute approximate surface area is 135 Å². The maximum atomic E-state index is 12.8. The van der Waals surface area contributed by atoms with Crippen LogP contribution in [0.25, 0.3) is 0 Å². The van der Waals surface area contributed by atoms with Gasteiger partial charge >= 0.3 is 0 Å². The Hall–Kier alpha value is -2.50. The van der Waals surface area contributed by atoms with Gasteiger partial charge in [0, 0.05) is 27.1 Å². The number of rotatable bonds is 7. The van der Waals surface area contributed by atoms with Gasteiger partial charge in [-0.25, -0.2) is 4.39 Å². The van der Waals surface area contributed by atoms with E-state index in [1.54, 1.807) is 25.4 Å². The minimum Gasteiger partial charge on any atom is -0.492 e. The number of nitrogens with one attached hydrogen (secondary N) is 1. The lowest BCUT2D eigenvalue weighted by Gasteiger charge is -2.22. The molecule has 0 saturated heterocycles. The summed E-state index contributed by atoms with van der Waals surface area (Å²) in [7, 11) is 3.68. The molecule has 0 atom stereocenters. The van der Waals surface area contributed by atoms with Crippen molar-refractivity contribution in [2.45, 2.75) is 6.42 Å². The number of hydrogen-bond acceptors (Lipinski definition) is 3. The summed E-state index contributed by atoms with van der Waals surface area (Å²) in [5, 5.41) is 3.27. The van der Waals surface area contributed by atoms with Crippen LogP contribution in [0.2, 0.25) is 0 Å². The highest BCUT2D eigenvalue weighted by atomic mass is 19.1. The normalized spacial score (nSPS) is 11.3. The van der Waals surface area contributed by atoms with Gasteiger partial charge in [0.2, 0.25) is 0 Å². The molecule has 1 aromatic heterocycles. The van der Waals surface area contributed by atoms with E-state index in [-0.39, 0.29) is 5.82 Å². The summed E-state index contributed by atoms with van der Waals surface area (Å²) < 4.78 is 23.7. The number of ether oxygens (including phenoxy) is 1. The molecule has 124 valence electrons. The predicted molar refractivity (Wildman–Crippen MR) is 88.3 cm³/mol. The highest BCUT2D eigenvalue weighted by Crippen LogP contribution is 2.10. The standard InChI is InChI=1S/C17H22FN3O2/c1-19-17(20-10-9-15-4-3-12-22-15)21(2)11-13-23-16-7-5-14(18)6-8-16/h3-8,12H,9-11,13H2,1-2H3,(H,19,20). The van der Waals surface area contributed by atoms with Gasteiger partial charge in [0.15, 0.2) is 5.96 Å². The SMILES string of the molecule is CN=C(NCCc1ccco1)N(C)CCOc1ccc(F)cc1. The van der Waals surface area contributed by atoms with Crippen molar-refractivity contribution in [3.63, 3.8) is 0 Å². The number of guanidine groups is 1. The first-order valence-corrected chi connectivity index (χ1v) is 7.51. The molecule has 0 aliphatic rings. The van der Waals surface area contributed by atoms with Crippen LogP contribution < -0.4 is 10.1 Å². The third kappa shape index (κ3) is 5.65. The Kier molecular flexibility index (Phi) is 6.47. The fourth-order valence-electron chi connectivity index (χ4n) is 2.07. The van der Waals surface area contributed by atoms with Gasteiger partial charge in [-0.3, -0.25) is 4.99 Å². The van der Waals surface area contributed by atoms with E-state index in [1.165, 1.54) is 12.1 Å². The summed E-state index contributed by atoms with van der Waals surface area (Å²) in [6.07, 6.45) is 2.47. The fraction of sp³-hybridized carbons (Fsp3) is 0.353. The van der Waals surface area contributed by atoms with Gasteiger partial charge in [0.25, 0.3) is 0 Å². The lowest BCUT2D eigenvalue weighted by Crippen LogP contribution is -2.41. The Morgan fingerprint density at radius 3 is 2.74 bits per heavy atom. The number of furan rings is 1. The fourth-order valence-corrected chi connectivity index (χ4v) is 2.07. The lowest BCUT2D eigenvalue weighted by atomic mass is 10.3. The average molecular weight is 319 g/mol. The molecule has 1 N–H and O–H groups in total. The van der Waals surface area contributed by atoms with Gasteiger partial charge in [0.1, 0.15) is 23.9 Å². The number of aliphatic imine (C=N–C) groups is 1. The zero-order chi connectivity index (χ0) is 16.5. The van der Waals surface area contributed by atoms with E-state index in [1.807, 2.05) is 24.1 Å². The third-order valence-electron chi connectivity index (χ3n) is 3.32. The van der Waals surface area contributed by atoms with Crippen LogP contribution in [0.3, 0.4) is 0 Å². The van der Waals surface area contributed by atoms with Crippen LogP contribution in [0.4, 0.5) is 4.39 Å². The minimum atomic E-state index is -0.268. The largest absolute Gasteiger partial charge is 0.492 e. The molecule has 0 unspecified atom stereocenters. The van der Waals surface area contributed by atoms with Crippen LogP contribution in [0, 0.1) is 5.82 Å². The number of nitrogens with zero attached hydrogens (tertiary/aromatic N) is 2. The van der Waals surface area contributed by atoms with Crippen molar-refractivity contribution in [1.29, 1.82) is 0 Å². The van der Waals surface area contributed by atoms with Crippen LogP contribution in [0.5, 0.6) is 5.75 Å². The number of benzene rings is 1. The van der Waals surface area contributed by atoms with Crippen LogP contribution in [0.15, 0.2) is 52.1 Å². The Balaban J connectivity index is 1.69. The molecule has 6 heteroatoms. The first-order chi connectivity index (χ1) is 11.2. The van der Waals surface area contributed by atoms with Crippen LogP contribution in [-0.2, 0) is 6.42 Å². The predicted octanol–water partition coefficient (Wildman–Crippen LogP) is 2.55. The van der Waals surface area contributed by atoms with Gasteiger partial charge in [-0.15, -0.1) is 0 Å². The molecule has 0 fully saturated rings. The van der Waals surface area contributed by atoms with E-state index in [2.05, 4.69) is 10.3 Å². The monoisotopic (exact) mass is 319 g/mol. The average Bonchev–Trinajstić information content (AvgIpc) is 3.06. The second-order valence-electron chi connectivity index (χ2n) is 5.03. The molecule has 23 heavy (non-hydrogen) atoms. The Bertz CT molecular complexity index is 597. The van der Waals surface area contributed by atoms with E-state index in [0.29, 0.717) is 18.9 Å². The molecular formula is C17H22FN3O2. The smallest absolute Gasteiger partial charge is 0.193 e. The van der Waals surface area contributed by atoms with Crippen molar-refractivity contribution in [2.24, 2.45) is 4.99 Å². The summed E-state index contributed by atoms with van der Waals surface area (Å²) in [6.45, 7) is 1.89. The molecule has 0 aliphatic heterocycles. The zero-order valence-electron chi connectivity index (χ0n) is 13.5. The van der Waals surface area contributed by atoms with E-state index in [0.717, 1.165) is 24.7 Å². The highest BCUT2D eigenvalue weighted by molar-refractivity contribution is 5.79. The second kappa shape index (κ2) is 8.82. The first kappa shape index (κ1) is 16.9. The summed E-state index contributed by atoms with van der Waals surface area (Å²) in [4.78, 5) is 6.22. The van der Waals surface area contributed by atoms with Gasteiger partial charge in [0.05, 0.1) is 12.8 Å². The van der Waals surface area contributed by atoms with Gasteiger partial charge in [-0.1, -0.05) is 0 Å². The highest BCUT2D eigenvalue weighted by Gasteiger charge is 2.06. The van der Waals surface area contributed by atoms with E-state index in [4.69, 9.17) is 9.15 Å². The molecule has 1 aromatic carbocycles. The Morgan fingerprint density at radius 1 is 1.30 bits per heavy atom. The number of halogens is 1. The van der Waals surface area contributed by atoms with E-state index >= 15 is 0 Å². The molecule has 0 spiro atoms. The number of hydrogen-bond donors (Lipinski definition) is 1. The molecule has 0 radical (unpaired) electrons. The molecule has 0 amide bonds. The van der Waals surface area contributed by atoms with Crippen LogP contribution in [-0.4, -0.2) is 44.7 Å². The Morgan fingerprint density at radius 2 is 2.09 bits per heavy atom. The molecular weight excluding hydrogens is 297 g/mol. The molecule has 2 rings (SSSR count). The van der Waals surface area contributed by atoms with E-state index in [9.17, 15) is 4.39 Å². The maximum absolute atomic E-state index is 12.8. The minimum absolute atomic E-state index is 0.268. The quantitative estimate of drug-likeness (QED) is 0.629. The van der Waals surface area contributed by atoms with Crippen LogP contribution in [0.1, 0.15) is 5.76 Å². The van der Waals surface area contributed by atoms with Crippen molar-refractivity contribution in [2.75, 3.05) is 33.8 Å². The molecule has 0 bridgehead atoms. The molecule has 0 aliphatic carbocycles. The third-order valence-corrected chi connectivity index (χ3v) is 3.32. The van der Waals surface area contributed by atoms with Crippen molar-refractivity contribution in [1.82, 2.24) is 10.2 Å². The summed E-state index contributed by atoms with van der Waals surface area (Å²) in [6, 6.07) is 9.83. The van der Waals surface area contributed by atoms with E-state index < -0.39 is 0 Å². The second-order valence-corrected chi connectivity index (χ2v) is 5.03. The van der Waals surface area contributed by atoms with Gasteiger partial charge in [-0.2, -0.15) is 0 Å². The topological polar surface area (TPSA) is 50.0 Å². The van der Waals surface area contributed by atoms with Crippen molar-refractivity contribution >= 4 is 5.96 Å². The van der Waals surface area contributed by atoms with Crippen molar-refractivity contribution in [3.05, 3.63) is 54.2 Å².